The van der Waals surface area contributed by atoms with Crippen molar-refractivity contribution in [3.8, 4) is 11.5 Å². The van der Waals surface area contributed by atoms with Crippen LogP contribution in [0, 0.1) is 0 Å². The highest BCUT2D eigenvalue weighted by Gasteiger charge is 2.25. The Morgan fingerprint density at radius 2 is 1.11 bits per heavy atom. The molecule has 0 fully saturated rings. The molecule has 4 nitrogen and oxygen atoms in total. The van der Waals surface area contributed by atoms with Crippen molar-refractivity contribution >= 4 is 67.9 Å². The van der Waals surface area contributed by atoms with E-state index in [-0.39, 0.29) is 0 Å². The minimum Gasteiger partial charge on any atom is -0.497 e. The lowest BCUT2D eigenvalue weighted by Crippen LogP contribution is -2.09. The molecule has 2 unspecified atom stereocenters. The van der Waals surface area contributed by atoms with Crippen molar-refractivity contribution in [2.24, 2.45) is 0 Å². The predicted molar refractivity (Wildman–Crippen MR) is 159 cm³/mol. The van der Waals surface area contributed by atoms with E-state index in [0.717, 1.165) is 40.0 Å². The average Bonchev–Trinajstić information content (AvgIpc) is 2.90. The highest BCUT2D eigenvalue weighted by molar-refractivity contribution is 8.71. The monoisotopic (exact) mass is 582 g/mol. The number of hydrogen-bond donors (Lipinski definition) is 0. The minimum absolute atomic E-state index is 0.527. The van der Waals surface area contributed by atoms with Crippen molar-refractivity contribution in [2.75, 3.05) is 27.4 Å². The molecule has 4 rings (SSSR count). The first-order chi connectivity index (χ1) is 16.9. The van der Waals surface area contributed by atoms with E-state index in [4.69, 9.17) is 42.1 Å². The summed E-state index contributed by atoms with van der Waals surface area (Å²) in [7, 11) is 3.33. The summed E-state index contributed by atoms with van der Waals surface area (Å²) in [6.45, 7) is 1.05. The van der Waals surface area contributed by atoms with Crippen LogP contribution in [0.4, 0.5) is 0 Å². The molecule has 0 saturated heterocycles. The molecule has 2 atom stereocenters. The third kappa shape index (κ3) is 7.15. The zero-order chi connectivity index (χ0) is 24.7. The van der Waals surface area contributed by atoms with E-state index < -0.39 is 10.9 Å². The Hall–Kier alpha value is -0.820. The summed E-state index contributed by atoms with van der Waals surface area (Å²) < 4.78 is 23.5. The molecule has 1 heterocycles. The minimum atomic E-state index is -2.31. The third-order valence-electron chi connectivity index (χ3n) is 5.38. The maximum absolute atomic E-state index is 6.43. The fourth-order valence-corrected chi connectivity index (χ4v) is 13.5. The van der Waals surface area contributed by atoms with E-state index in [2.05, 4.69) is 24.3 Å². The largest absolute Gasteiger partial charge is 0.497 e. The van der Waals surface area contributed by atoms with Crippen LogP contribution in [0.3, 0.4) is 0 Å². The second-order valence-electron chi connectivity index (χ2n) is 7.78. The van der Waals surface area contributed by atoms with Crippen molar-refractivity contribution in [2.45, 2.75) is 17.9 Å². The highest BCUT2D eigenvalue weighted by Crippen LogP contribution is 2.62. The van der Waals surface area contributed by atoms with Crippen LogP contribution in [0.15, 0.2) is 72.8 Å². The number of rotatable bonds is 4. The molecule has 0 aromatic heterocycles. The van der Waals surface area contributed by atoms with E-state index in [1.807, 2.05) is 48.5 Å². The maximum atomic E-state index is 6.43. The third-order valence-corrected chi connectivity index (χ3v) is 18.4. The molecule has 0 radical (unpaired) electrons. The topological polar surface area (TPSA) is 36.9 Å². The molecular weight excluding hydrogens is 554 g/mol. The van der Waals surface area contributed by atoms with E-state index >= 15 is 0 Å². The predicted octanol–water partition coefficient (Wildman–Crippen LogP) is 6.88. The second kappa shape index (κ2) is 12.6. The summed E-state index contributed by atoms with van der Waals surface area (Å²) in [5.41, 5.74) is -2.16. The SMILES string of the molecule is COc1ccc(P2(=S)OCCCOP(=S)(c3ccc(OC)cc3)SCc3cccc(c3)CS2)cc1. The summed E-state index contributed by atoms with van der Waals surface area (Å²) in [5, 5.41) is 2.09. The molecule has 10 heteroatoms. The Labute approximate surface area is 226 Å². The second-order valence-corrected chi connectivity index (χ2v) is 21.5. The summed E-state index contributed by atoms with van der Waals surface area (Å²) in [6.07, 6.45) is 0.732. The van der Waals surface area contributed by atoms with Gasteiger partial charge in [-0.3, -0.25) is 0 Å². The molecule has 0 saturated carbocycles. The van der Waals surface area contributed by atoms with Crippen LogP contribution in [0.25, 0.3) is 0 Å². The Bertz CT molecular complexity index is 1130. The Kier molecular flexibility index (Phi) is 9.81. The van der Waals surface area contributed by atoms with Crippen LogP contribution in [0.1, 0.15) is 17.5 Å². The van der Waals surface area contributed by atoms with E-state index in [1.54, 1.807) is 37.0 Å². The number of fused-ring (bicyclic) bond motifs is 2. The van der Waals surface area contributed by atoms with E-state index in [0.29, 0.717) is 13.2 Å². The first-order valence-corrected chi connectivity index (χ1v) is 19.7. The van der Waals surface area contributed by atoms with Crippen molar-refractivity contribution in [1.29, 1.82) is 0 Å². The first kappa shape index (κ1) is 27.2. The van der Waals surface area contributed by atoms with E-state index in [9.17, 15) is 0 Å². The van der Waals surface area contributed by atoms with Crippen LogP contribution in [0.5, 0.6) is 11.5 Å². The van der Waals surface area contributed by atoms with Crippen molar-refractivity contribution < 1.29 is 18.5 Å². The van der Waals surface area contributed by atoms with Gasteiger partial charge in [0.15, 0.2) is 0 Å². The molecule has 0 aliphatic carbocycles. The summed E-state index contributed by atoms with van der Waals surface area (Å²) in [6, 6.07) is 24.6. The van der Waals surface area contributed by atoms with Crippen LogP contribution in [-0.2, 0) is 44.2 Å². The molecule has 1 aliphatic rings. The molecule has 2 bridgehead atoms. The van der Waals surface area contributed by atoms with Crippen LogP contribution < -0.4 is 20.1 Å². The molecule has 35 heavy (non-hydrogen) atoms. The van der Waals surface area contributed by atoms with Gasteiger partial charge in [-0.25, -0.2) is 0 Å². The van der Waals surface area contributed by atoms with Gasteiger partial charge < -0.3 is 18.5 Å². The van der Waals surface area contributed by atoms with Gasteiger partial charge in [0.2, 0.25) is 0 Å². The smallest absolute Gasteiger partial charge is 0.148 e. The highest BCUT2D eigenvalue weighted by atomic mass is 32.9. The fraction of sp³-hybridized carbons (Fsp3) is 0.280. The first-order valence-electron chi connectivity index (χ1n) is 11.1. The summed E-state index contributed by atoms with van der Waals surface area (Å²) in [5.74, 6) is 3.21. The van der Waals surface area contributed by atoms with Crippen LogP contribution in [0.2, 0.25) is 0 Å². The molecule has 186 valence electrons. The van der Waals surface area contributed by atoms with Crippen LogP contribution >= 0.6 is 33.7 Å². The Morgan fingerprint density at radius 1 is 0.686 bits per heavy atom. The molecule has 1 aliphatic heterocycles. The van der Waals surface area contributed by atoms with Gasteiger partial charge in [0.25, 0.3) is 0 Å². The van der Waals surface area contributed by atoms with Crippen LogP contribution in [-0.4, -0.2) is 27.4 Å². The molecule has 0 N–H and O–H groups in total. The lowest BCUT2D eigenvalue weighted by molar-refractivity contribution is 0.285. The quantitative estimate of drug-likeness (QED) is 0.309. The van der Waals surface area contributed by atoms with E-state index in [1.165, 1.54) is 11.1 Å². The van der Waals surface area contributed by atoms with Gasteiger partial charge in [0.05, 0.1) is 27.4 Å². The standard InChI is InChI=1S/C25H28O4P2S4/c1-26-22-7-11-24(12-8-22)30(32)28-15-4-16-29-31(33,25-13-9-23(27-2)10-14-25)35-19-21-6-3-5-20(17-21)18-34-30/h3,5-14,17H,4,15-16,18-19H2,1-2H3. The number of methoxy groups -OCH3 is 2. The van der Waals surface area contributed by atoms with Gasteiger partial charge in [-0.15, -0.1) is 0 Å². The zero-order valence-electron chi connectivity index (χ0n) is 19.6. The maximum Gasteiger partial charge on any atom is 0.148 e. The summed E-state index contributed by atoms with van der Waals surface area (Å²) in [4.78, 5) is 0. The summed E-state index contributed by atoms with van der Waals surface area (Å²) >= 11 is 15.8. The van der Waals surface area contributed by atoms with Gasteiger partial charge in [0.1, 0.15) is 22.4 Å². The fourth-order valence-electron chi connectivity index (χ4n) is 3.46. The van der Waals surface area contributed by atoms with Crippen molar-refractivity contribution in [3.05, 3.63) is 83.9 Å². The van der Waals surface area contributed by atoms with Crippen molar-refractivity contribution in [3.63, 3.8) is 0 Å². The lowest BCUT2D eigenvalue weighted by Gasteiger charge is -2.25. The molecule has 0 amide bonds. The Morgan fingerprint density at radius 3 is 1.51 bits per heavy atom. The molecule has 3 aromatic rings. The Balaban J connectivity index is 1.60. The zero-order valence-corrected chi connectivity index (χ0v) is 24.7. The molecule has 0 spiro atoms. The molecular formula is C25H28O4P2S4. The lowest BCUT2D eigenvalue weighted by atomic mass is 10.2. The van der Waals surface area contributed by atoms with Gasteiger partial charge in [-0.1, -0.05) is 70.6 Å². The number of hydrogen-bond acceptors (Lipinski definition) is 8. The molecule has 3 aromatic carbocycles. The van der Waals surface area contributed by atoms with Gasteiger partial charge >= 0.3 is 0 Å². The normalized spacial score (nSPS) is 23.7. The van der Waals surface area contributed by atoms with Gasteiger partial charge in [-0.05, 0) is 66.1 Å². The van der Waals surface area contributed by atoms with Gasteiger partial charge in [0, 0.05) is 22.1 Å². The van der Waals surface area contributed by atoms with Crippen molar-refractivity contribution in [1.82, 2.24) is 0 Å². The average molecular weight is 583 g/mol. The van der Waals surface area contributed by atoms with Gasteiger partial charge in [-0.2, -0.15) is 0 Å². The number of benzene rings is 3. The number of ether oxygens (including phenoxy) is 2.